The number of aryl methyl sites for hydroxylation is 1. The van der Waals surface area contributed by atoms with E-state index < -0.39 is 0 Å². The van der Waals surface area contributed by atoms with Crippen LogP contribution in [0.3, 0.4) is 0 Å². The van der Waals surface area contributed by atoms with Gasteiger partial charge in [0.25, 0.3) is 0 Å². The summed E-state index contributed by atoms with van der Waals surface area (Å²) in [6.07, 6.45) is 4.87. The van der Waals surface area contributed by atoms with Crippen LogP contribution in [0.2, 0.25) is 0 Å². The number of ether oxygens (including phenoxy) is 1. The van der Waals surface area contributed by atoms with Crippen LogP contribution in [0.25, 0.3) is 0 Å². The molecule has 0 aromatic carbocycles. The predicted octanol–water partition coefficient (Wildman–Crippen LogP) is 2.86. The lowest BCUT2D eigenvalue weighted by atomic mass is 9.64. The van der Waals surface area contributed by atoms with E-state index in [-0.39, 0.29) is 5.41 Å². The first-order valence-electron chi connectivity index (χ1n) is 8.50. The topological polar surface area (TPSA) is 39.1 Å². The third-order valence-electron chi connectivity index (χ3n) is 5.28. The summed E-state index contributed by atoms with van der Waals surface area (Å²) in [4.78, 5) is 4.94. The first-order valence-corrected chi connectivity index (χ1v) is 8.50. The largest absolute Gasteiger partial charge is 0.378 e. The van der Waals surface area contributed by atoms with Crippen molar-refractivity contribution in [3.05, 3.63) is 17.2 Å². The Labute approximate surface area is 128 Å². The normalized spacial score (nSPS) is 27.2. The molecule has 2 unspecified atom stereocenters. The molecule has 2 atom stereocenters. The van der Waals surface area contributed by atoms with Gasteiger partial charge in [0.2, 0.25) is 0 Å². The summed E-state index contributed by atoms with van der Waals surface area (Å²) >= 11 is 0. The van der Waals surface area contributed by atoms with Gasteiger partial charge in [0.05, 0.1) is 11.8 Å². The number of rotatable bonds is 5. The quantitative estimate of drug-likeness (QED) is 0.906. The molecule has 118 valence electrons. The van der Waals surface area contributed by atoms with Gasteiger partial charge in [0, 0.05) is 49.7 Å². The van der Waals surface area contributed by atoms with Crippen LogP contribution in [0.1, 0.15) is 63.8 Å². The Morgan fingerprint density at radius 1 is 1.38 bits per heavy atom. The van der Waals surface area contributed by atoms with Crippen LogP contribution >= 0.6 is 0 Å². The molecule has 1 N–H and O–H groups in total. The molecule has 1 aromatic rings. The molecule has 3 rings (SSSR count). The second-order valence-corrected chi connectivity index (χ2v) is 6.99. The summed E-state index contributed by atoms with van der Waals surface area (Å²) in [5.74, 6) is 1.29. The fourth-order valence-electron chi connectivity index (χ4n) is 3.94. The standard InChI is InChI=1S/C17H29N3O/c1-5-7-16-19-12-11-18-9-8-13(12)20(16)14-10-15(21-6-2)17(14,3)4/h14-15,18H,5-11H2,1-4H3. The predicted molar refractivity (Wildman–Crippen MR) is 84.5 cm³/mol. The van der Waals surface area contributed by atoms with Gasteiger partial charge in [0.1, 0.15) is 5.82 Å². The van der Waals surface area contributed by atoms with Crippen LogP contribution in [0.5, 0.6) is 0 Å². The SMILES string of the molecule is CCCc1nc2c(n1C1CC(OCC)C1(C)C)CCNC2. The molecule has 0 radical (unpaired) electrons. The number of fused-ring (bicyclic) bond motifs is 1. The van der Waals surface area contributed by atoms with E-state index in [4.69, 9.17) is 9.72 Å². The van der Waals surface area contributed by atoms with Crippen LogP contribution in [0, 0.1) is 5.41 Å². The summed E-state index contributed by atoms with van der Waals surface area (Å²) in [6, 6.07) is 0.546. The molecule has 1 aliphatic carbocycles. The van der Waals surface area contributed by atoms with Gasteiger partial charge in [-0.1, -0.05) is 20.8 Å². The van der Waals surface area contributed by atoms with Gasteiger partial charge < -0.3 is 14.6 Å². The van der Waals surface area contributed by atoms with Crippen molar-refractivity contribution in [1.82, 2.24) is 14.9 Å². The van der Waals surface area contributed by atoms with Crippen LogP contribution in [0.15, 0.2) is 0 Å². The van der Waals surface area contributed by atoms with E-state index in [1.165, 1.54) is 17.2 Å². The third kappa shape index (κ3) is 2.42. The minimum atomic E-state index is 0.206. The van der Waals surface area contributed by atoms with Crippen LogP contribution in [0.4, 0.5) is 0 Å². The summed E-state index contributed by atoms with van der Waals surface area (Å²) in [7, 11) is 0. The molecule has 0 saturated heterocycles. The van der Waals surface area contributed by atoms with Gasteiger partial charge >= 0.3 is 0 Å². The van der Waals surface area contributed by atoms with Gasteiger partial charge in [-0.3, -0.25) is 0 Å². The molecule has 1 fully saturated rings. The lowest BCUT2D eigenvalue weighted by Gasteiger charge is -2.53. The van der Waals surface area contributed by atoms with E-state index in [1.54, 1.807) is 0 Å². The lowest BCUT2D eigenvalue weighted by molar-refractivity contribution is -0.129. The average molecular weight is 291 g/mol. The van der Waals surface area contributed by atoms with E-state index in [0.29, 0.717) is 12.1 Å². The van der Waals surface area contributed by atoms with Crippen LogP contribution in [-0.4, -0.2) is 28.8 Å². The Morgan fingerprint density at radius 2 is 2.19 bits per heavy atom. The number of aromatic nitrogens is 2. The van der Waals surface area contributed by atoms with E-state index >= 15 is 0 Å². The Balaban J connectivity index is 1.93. The molecule has 0 bridgehead atoms. The third-order valence-corrected chi connectivity index (χ3v) is 5.28. The van der Waals surface area contributed by atoms with Crippen molar-refractivity contribution in [1.29, 1.82) is 0 Å². The van der Waals surface area contributed by atoms with Crippen molar-refractivity contribution < 1.29 is 4.74 Å². The van der Waals surface area contributed by atoms with Crippen molar-refractivity contribution in [2.24, 2.45) is 5.41 Å². The average Bonchev–Trinajstić information content (AvgIpc) is 2.81. The highest BCUT2D eigenvalue weighted by Gasteiger charge is 2.51. The first kappa shape index (κ1) is 15.0. The number of imidazole rings is 1. The molecule has 1 aromatic heterocycles. The highest BCUT2D eigenvalue weighted by Crippen LogP contribution is 2.52. The van der Waals surface area contributed by atoms with Gasteiger partial charge in [0.15, 0.2) is 0 Å². The Hall–Kier alpha value is -0.870. The van der Waals surface area contributed by atoms with Crippen molar-refractivity contribution in [2.45, 2.75) is 72.1 Å². The lowest BCUT2D eigenvalue weighted by Crippen LogP contribution is -2.52. The van der Waals surface area contributed by atoms with Crippen molar-refractivity contribution in [3.63, 3.8) is 0 Å². The summed E-state index contributed by atoms with van der Waals surface area (Å²) in [6.45, 7) is 11.9. The monoisotopic (exact) mass is 291 g/mol. The fraction of sp³-hybridized carbons (Fsp3) is 0.824. The molecule has 1 saturated carbocycles. The Bertz CT molecular complexity index is 506. The van der Waals surface area contributed by atoms with Gasteiger partial charge in [-0.15, -0.1) is 0 Å². The van der Waals surface area contributed by atoms with E-state index in [0.717, 1.165) is 45.4 Å². The van der Waals surface area contributed by atoms with E-state index in [2.05, 4.69) is 37.6 Å². The van der Waals surface area contributed by atoms with Crippen molar-refractivity contribution in [3.8, 4) is 0 Å². The molecule has 4 nitrogen and oxygen atoms in total. The zero-order valence-corrected chi connectivity index (χ0v) is 13.9. The summed E-state index contributed by atoms with van der Waals surface area (Å²) in [5, 5.41) is 3.45. The molecule has 4 heteroatoms. The van der Waals surface area contributed by atoms with Gasteiger partial charge in [-0.2, -0.15) is 0 Å². The Morgan fingerprint density at radius 3 is 2.86 bits per heavy atom. The first-order chi connectivity index (χ1) is 10.1. The summed E-state index contributed by atoms with van der Waals surface area (Å²) in [5.41, 5.74) is 2.96. The molecular formula is C17H29N3O. The minimum Gasteiger partial charge on any atom is -0.378 e. The van der Waals surface area contributed by atoms with Crippen LogP contribution < -0.4 is 5.32 Å². The second-order valence-electron chi connectivity index (χ2n) is 6.99. The molecule has 0 spiro atoms. The zero-order valence-electron chi connectivity index (χ0n) is 13.9. The number of nitrogens with zero attached hydrogens (tertiary/aromatic N) is 2. The number of hydrogen-bond donors (Lipinski definition) is 1. The summed E-state index contributed by atoms with van der Waals surface area (Å²) < 4.78 is 8.50. The minimum absolute atomic E-state index is 0.206. The second kappa shape index (κ2) is 5.73. The van der Waals surface area contributed by atoms with Gasteiger partial charge in [-0.05, 0) is 19.8 Å². The van der Waals surface area contributed by atoms with E-state index in [1.807, 2.05) is 0 Å². The van der Waals surface area contributed by atoms with Crippen LogP contribution in [-0.2, 0) is 24.1 Å². The van der Waals surface area contributed by atoms with E-state index in [9.17, 15) is 0 Å². The Kier molecular flexibility index (Phi) is 4.10. The molecule has 1 aliphatic heterocycles. The molecule has 2 heterocycles. The molecule has 0 amide bonds. The highest BCUT2D eigenvalue weighted by atomic mass is 16.5. The zero-order chi connectivity index (χ0) is 15.0. The highest BCUT2D eigenvalue weighted by molar-refractivity contribution is 5.24. The number of hydrogen-bond acceptors (Lipinski definition) is 3. The maximum absolute atomic E-state index is 5.92. The smallest absolute Gasteiger partial charge is 0.109 e. The van der Waals surface area contributed by atoms with Crippen molar-refractivity contribution in [2.75, 3.05) is 13.2 Å². The van der Waals surface area contributed by atoms with Gasteiger partial charge in [-0.25, -0.2) is 4.98 Å². The maximum Gasteiger partial charge on any atom is 0.109 e. The molecule has 2 aliphatic rings. The molecule has 21 heavy (non-hydrogen) atoms. The number of nitrogens with one attached hydrogen (secondary N) is 1. The maximum atomic E-state index is 5.92. The van der Waals surface area contributed by atoms with Crippen molar-refractivity contribution >= 4 is 0 Å². The fourth-order valence-corrected chi connectivity index (χ4v) is 3.94. The molecular weight excluding hydrogens is 262 g/mol.